The number of hydrogen-bond acceptors (Lipinski definition) is 5. The zero-order valence-electron chi connectivity index (χ0n) is 14.8. The van der Waals surface area contributed by atoms with Crippen molar-refractivity contribution in [3.63, 3.8) is 0 Å². The van der Waals surface area contributed by atoms with E-state index in [0.29, 0.717) is 6.04 Å². The van der Waals surface area contributed by atoms with Crippen molar-refractivity contribution < 1.29 is 9.84 Å². The third-order valence-electron chi connectivity index (χ3n) is 4.80. The first-order valence-corrected chi connectivity index (χ1v) is 8.87. The lowest BCUT2D eigenvalue weighted by molar-refractivity contribution is 0.0499. The van der Waals surface area contributed by atoms with Crippen LogP contribution in [0, 0.1) is 0 Å². The maximum atomic E-state index is 9.49. The van der Waals surface area contributed by atoms with E-state index in [4.69, 9.17) is 4.74 Å². The van der Waals surface area contributed by atoms with Crippen molar-refractivity contribution in [3.05, 3.63) is 59.9 Å². The molecule has 134 valence electrons. The van der Waals surface area contributed by atoms with Crippen LogP contribution in [-0.4, -0.2) is 59.3 Å². The molecular weight excluding hydrogens is 314 g/mol. The zero-order valence-corrected chi connectivity index (χ0v) is 14.8. The summed E-state index contributed by atoms with van der Waals surface area (Å²) in [6.45, 7) is 5.04. The summed E-state index contributed by atoms with van der Waals surface area (Å²) in [6.07, 6.45) is 4.54. The monoisotopic (exact) mass is 341 g/mol. The van der Waals surface area contributed by atoms with Crippen LogP contribution < -0.4 is 4.74 Å². The number of rotatable bonds is 7. The van der Waals surface area contributed by atoms with E-state index >= 15 is 0 Å². The van der Waals surface area contributed by atoms with Gasteiger partial charge in [-0.05, 0) is 35.7 Å². The topological polar surface area (TPSA) is 48.8 Å². The third-order valence-corrected chi connectivity index (χ3v) is 4.80. The van der Waals surface area contributed by atoms with E-state index in [2.05, 4.69) is 33.0 Å². The fourth-order valence-electron chi connectivity index (χ4n) is 3.49. The van der Waals surface area contributed by atoms with Crippen LogP contribution in [0.15, 0.2) is 48.8 Å². The van der Waals surface area contributed by atoms with Crippen molar-refractivity contribution in [2.75, 3.05) is 33.4 Å². The lowest BCUT2D eigenvalue weighted by Crippen LogP contribution is -2.52. The van der Waals surface area contributed by atoms with Gasteiger partial charge in [0.15, 0.2) is 0 Å². The Bertz CT molecular complexity index is 650. The minimum atomic E-state index is 0.222. The van der Waals surface area contributed by atoms with Crippen LogP contribution in [0.4, 0.5) is 0 Å². The Kier molecular flexibility index (Phi) is 6.39. The van der Waals surface area contributed by atoms with E-state index in [1.165, 1.54) is 11.1 Å². The van der Waals surface area contributed by atoms with Gasteiger partial charge in [-0.3, -0.25) is 14.8 Å². The van der Waals surface area contributed by atoms with Crippen LogP contribution in [0.2, 0.25) is 0 Å². The van der Waals surface area contributed by atoms with Crippen molar-refractivity contribution in [2.45, 2.75) is 25.6 Å². The molecule has 2 aromatic rings. The van der Waals surface area contributed by atoms with Gasteiger partial charge in [0, 0.05) is 57.8 Å². The maximum absolute atomic E-state index is 9.49. The van der Waals surface area contributed by atoms with Gasteiger partial charge in [0.2, 0.25) is 0 Å². The number of aliphatic hydroxyl groups is 1. The van der Waals surface area contributed by atoms with Crippen molar-refractivity contribution in [2.24, 2.45) is 0 Å². The number of hydrogen-bond donors (Lipinski definition) is 1. The summed E-state index contributed by atoms with van der Waals surface area (Å²) < 4.78 is 5.33. The lowest BCUT2D eigenvalue weighted by Gasteiger charge is -2.41. The molecule has 25 heavy (non-hydrogen) atoms. The fraction of sp³-hybridized carbons (Fsp3) is 0.450. The van der Waals surface area contributed by atoms with Crippen molar-refractivity contribution >= 4 is 0 Å². The molecular formula is C20H27N3O2. The summed E-state index contributed by atoms with van der Waals surface area (Å²) in [7, 11) is 1.70. The predicted molar refractivity (Wildman–Crippen MR) is 98.4 cm³/mol. The third kappa shape index (κ3) is 5.01. The average molecular weight is 341 g/mol. The molecule has 1 atom stereocenters. The number of benzene rings is 1. The largest absolute Gasteiger partial charge is 0.497 e. The molecule has 1 aliphatic rings. The number of ether oxygens (including phenoxy) is 1. The minimum Gasteiger partial charge on any atom is -0.497 e. The Morgan fingerprint density at radius 3 is 2.80 bits per heavy atom. The number of nitrogens with zero attached hydrogens (tertiary/aromatic N) is 3. The molecule has 0 amide bonds. The average Bonchev–Trinajstić information content (AvgIpc) is 2.65. The van der Waals surface area contributed by atoms with E-state index in [1.807, 2.05) is 30.6 Å². The molecule has 1 aromatic heterocycles. The molecule has 1 N–H and O–H groups in total. The number of aliphatic hydroxyl groups excluding tert-OH is 1. The highest BCUT2D eigenvalue weighted by Crippen LogP contribution is 2.20. The van der Waals surface area contributed by atoms with Crippen LogP contribution in [0.25, 0.3) is 0 Å². The molecule has 0 bridgehead atoms. The Hall–Kier alpha value is -1.95. The summed E-state index contributed by atoms with van der Waals surface area (Å²) >= 11 is 0. The van der Waals surface area contributed by atoms with Crippen molar-refractivity contribution in [1.29, 1.82) is 0 Å². The highest BCUT2D eigenvalue weighted by Gasteiger charge is 2.26. The minimum absolute atomic E-state index is 0.222. The number of pyridine rings is 1. The molecule has 1 fully saturated rings. The summed E-state index contributed by atoms with van der Waals surface area (Å²) in [4.78, 5) is 9.14. The van der Waals surface area contributed by atoms with Gasteiger partial charge in [-0.1, -0.05) is 18.2 Å². The first-order valence-electron chi connectivity index (χ1n) is 8.87. The molecule has 1 saturated heterocycles. The predicted octanol–water partition coefficient (Wildman–Crippen LogP) is 2.16. The van der Waals surface area contributed by atoms with E-state index in [-0.39, 0.29) is 6.61 Å². The molecule has 0 saturated carbocycles. The van der Waals surface area contributed by atoms with Crippen LogP contribution in [0.5, 0.6) is 5.75 Å². The van der Waals surface area contributed by atoms with Gasteiger partial charge in [0.25, 0.3) is 0 Å². The Morgan fingerprint density at radius 1 is 1.16 bits per heavy atom. The second-order valence-electron chi connectivity index (χ2n) is 6.58. The van der Waals surface area contributed by atoms with Gasteiger partial charge in [-0.25, -0.2) is 0 Å². The summed E-state index contributed by atoms with van der Waals surface area (Å²) in [5.74, 6) is 0.895. The molecule has 0 aliphatic carbocycles. The number of methoxy groups -OCH3 is 1. The smallest absolute Gasteiger partial charge is 0.119 e. The van der Waals surface area contributed by atoms with Crippen LogP contribution >= 0.6 is 0 Å². The van der Waals surface area contributed by atoms with Crippen LogP contribution in [0.1, 0.15) is 17.5 Å². The standard InChI is InChI=1S/C20H27N3O2/c1-25-20-6-2-4-17(12-20)15-23-10-9-22(16-19(23)7-11-24)14-18-5-3-8-21-13-18/h2-6,8,12-13,19,24H,7,9-11,14-16H2,1H3. The van der Waals surface area contributed by atoms with Gasteiger partial charge < -0.3 is 9.84 Å². The molecule has 1 aromatic carbocycles. The summed E-state index contributed by atoms with van der Waals surface area (Å²) in [6, 6.07) is 12.7. The Balaban J connectivity index is 1.63. The van der Waals surface area contributed by atoms with Gasteiger partial charge in [0.05, 0.1) is 7.11 Å². The Morgan fingerprint density at radius 2 is 2.04 bits per heavy atom. The SMILES string of the molecule is COc1cccc(CN2CCN(Cc3cccnc3)CC2CCO)c1. The molecule has 0 radical (unpaired) electrons. The quantitative estimate of drug-likeness (QED) is 0.836. The molecule has 2 heterocycles. The van der Waals surface area contributed by atoms with Gasteiger partial charge in [0.1, 0.15) is 5.75 Å². The maximum Gasteiger partial charge on any atom is 0.119 e. The molecule has 5 nitrogen and oxygen atoms in total. The first kappa shape index (κ1) is 17.9. The van der Waals surface area contributed by atoms with E-state index in [9.17, 15) is 5.11 Å². The van der Waals surface area contributed by atoms with Gasteiger partial charge >= 0.3 is 0 Å². The molecule has 1 aliphatic heterocycles. The van der Waals surface area contributed by atoms with Crippen molar-refractivity contribution in [3.8, 4) is 5.75 Å². The first-order chi connectivity index (χ1) is 12.3. The molecule has 5 heteroatoms. The van der Waals surface area contributed by atoms with Crippen molar-refractivity contribution in [1.82, 2.24) is 14.8 Å². The molecule has 1 unspecified atom stereocenters. The van der Waals surface area contributed by atoms with E-state index in [1.54, 1.807) is 7.11 Å². The van der Waals surface area contributed by atoms with Crippen LogP contribution in [-0.2, 0) is 13.1 Å². The summed E-state index contributed by atoms with van der Waals surface area (Å²) in [5, 5.41) is 9.49. The normalized spacial score (nSPS) is 19.0. The summed E-state index contributed by atoms with van der Waals surface area (Å²) in [5.41, 5.74) is 2.49. The molecule has 0 spiro atoms. The fourth-order valence-corrected chi connectivity index (χ4v) is 3.49. The number of piperazine rings is 1. The Labute approximate surface area is 149 Å². The van der Waals surface area contributed by atoms with Crippen LogP contribution in [0.3, 0.4) is 0 Å². The highest BCUT2D eigenvalue weighted by molar-refractivity contribution is 5.28. The highest BCUT2D eigenvalue weighted by atomic mass is 16.5. The van der Waals surface area contributed by atoms with Gasteiger partial charge in [-0.2, -0.15) is 0 Å². The zero-order chi connectivity index (χ0) is 17.5. The lowest BCUT2D eigenvalue weighted by atomic mass is 10.1. The van der Waals surface area contributed by atoms with E-state index < -0.39 is 0 Å². The van der Waals surface area contributed by atoms with E-state index in [0.717, 1.165) is 44.9 Å². The number of aromatic nitrogens is 1. The second kappa shape index (κ2) is 8.94. The second-order valence-corrected chi connectivity index (χ2v) is 6.58. The van der Waals surface area contributed by atoms with Gasteiger partial charge in [-0.15, -0.1) is 0 Å². The molecule has 3 rings (SSSR count).